The molecule has 2 aromatic rings. The zero-order valence-corrected chi connectivity index (χ0v) is 17.4. The van der Waals surface area contributed by atoms with Gasteiger partial charge in [0.05, 0.1) is 14.2 Å². The molecule has 5 nitrogen and oxygen atoms in total. The standard InChI is InChI=1S/C23H33NO4/c1-18(2)13-14-24(15-19-9-8-12-22(26-3)23(19)27-4)16-20(25)17-28-21-10-6-5-7-11-21/h5-12,18,20,25H,13-17H2,1-4H3. The van der Waals surface area contributed by atoms with Gasteiger partial charge in [0.1, 0.15) is 18.5 Å². The van der Waals surface area contributed by atoms with Crippen LogP contribution in [0.3, 0.4) is 0 Å². The molecule has 0 heterocycles. The molecule has 1 atom stereocenters. The summed E-state index contributed by atoms with van der Waals surface area (Å²) in [4.78, 5) is 2.25. The lowest BCUT2D eigenvalue weighted by Crippen LogP contribution is -2.36. The van der Waals surface area contributed by atoms with Crippen molar-refractivity contribution in [2.75, 3.05) is 33.9 Å². The summed E-state index contributed by atoms with van der Waals surface area (Å²) in [6.45, 7) is 6.77. The fourth-order valence-corrected chi connectivity index (χ4v) is 3.05. The quantitative estimate of drug-likeness (QED) is 0.597. The Morgan fingerprint density at radius 1 is 0.964 bits per heavy atom. The Balaban J connectivity index is 2.03. The van der Waals surface area contributed by atoms with Gasteiger partial charge in [0.25, 0.3) is 0 Å². The van der Waals surface area contributed by atoms with Crippen molar-refractivity contribution in [3.8, 4) is 17.2 Å². The first-order valence-corrected chi connectivity index (χ1v) is 9.81. The van der Waals surface area contributed by atoms with E-state index in [2.05, 4.69) is 18.7 Å². The largest absolute Gasteiger partial charge is 0.493 e. The van der Waals surface area contributed by atoms with Crippen molar-refractivity contribution < 1.29 is 19.3 Å². The summed E-state index contributed by atoms with van der Waals surface area (Å²) in [7, 11) is 3.30. The summed E-state index contributed by atoms with van der Waals surface area (Å²) in [6.07, 6.45) is 0.474. The van der Waals surface area contributed by atoms with E-state index in [1.165, 1.54) is 0 Å². The molecule has 0 saturated carbocycles. The van der Waals surface area contributed by atoms with E-state index in [1.54, 1.807) is 14.2 Å². The van der Waals surface area contributed by atoms with E-state index in [4.69, 9.17) is 14.2 Å². The summed E-state index contributed by atoms with van der Waals surface area (Å²) in [5.41, 5.74) is 1.04. The number of aliphatic hydroxyl groups excluding tert-OH is 1. The Kier molecular flexibility index (Phi) is 9.11. The highest BCUT2D eigenvalue weighted by Gasteiger charge is 2.17. The first kappa shape index (κ1) is 22.1. The maximum Gasteiger partial charge on any atom is 0.165 e. The summed E-state index contributed by atoms with van der Waals surface area (Å²) < 4.78 is 16.7. The van der Waals surface area contributed by atoms with Gasteiger partial charge in [-0.2, -0.15) is 0 Å². The van der Waals surface area contributed by atoms with E-state index < -0.39 is 6.10 Å². The summed E-state index contributed by atoms with van der Waals surface area (Å²) in [5.74, 6) is 2.82. The molecule has 2 aromatic carbocycles. The van der Waals surface area contributed by atoms with Crippen LogP contribution in [0.4, 0.5) is 0 Å². The van der Waals surface area contributed by atoms with E-state index in [-0.39, 0.29) is 6.61 Å². The van der Waals surface area contributed by atoms with Crippen molar-refractivity contribution in [1.29, 1.82) is 0 Å². The normalized spacial score (nSPS) is 12.2. The Hall–Kier alpha value is -2.24. The summed E-state index contributed by atoms with van der Waals surface area (Å²) in [5, 5.41) is 10.5. The lowest BCUT2D eigenvalue weighted by atomic mass is 10.1. The van der Waals surface area contributed by atoms with Crippen molar-refractivity contribution in [2.24, 2.45) is 5.92 Å². The van der Waals surface area contributed by atoms with Crippen LogP contribution in [0.1, 0.15) is 25.8 Å². The maximum atomic E-state index is 10.5. The molecule has 0 aliphatic rings. The van der Waals surface area contributed by atoms with Crippen LogP contribution in [-0.2, 0) is 6.54 Å². The highest BCUT2D eigenvalue weighted by molar-refractivity contribution is 5.46. The van der Waals surface area contributed by atoms with Crippen molar-refractivity contribution in [3.63, 3.8) is 0 Å². The van der Waals surface area contributed by atoms with Crippen LogP contribution in [0.2, 0.25) is 0 Å². The second-order valence-electron chi connectivity index (χ2n) is 7.35. The summed E-state index contributed by atoms with van der Waals surface area (Å²) in [6, 6.07) is 15.5. The first-order valence-electron chi connectivity index (χ1n) is 9.81. The smallest absolute Gasteiger partial charge is 0.165 e. The number of para-hydroxylation sites is 2. The second kappa shape index (κ2) is 11.6. The molecule has 0 aliphatic carbocycles. The highest BCUT2D eigenvalue weighted by atomic mass is 16.5. The average Bonchev–Trinajstić information content (AvgIpc) is 2.71. The van der Waals surface area contributed by atoms with Crippen LogP contribution in [0.5, 0.6) is 17.2 Å². The van der Waals surface area contributed by atoms with Crippen LogP contribution in [0.15, 0.2) is 48.5 Å². The lowest BCUT2D eigenvalue weighted by Gasteiger charge is -2.27. The highest BCUT2D eigenvalue weighted by Crippen LogP contribution is 2.31. The van der Waals surface area contributed by atoms with E-state index in [0.717, 1.165) is 35.8 Å². The number of rotatable bonds is 12. The van der Waals surface area contributed by atoms with Gasteiger partial charge in [-0.25, -0.2) is 0 Å². The molecule has 0 aliphatic heterocycles. The molecule has 0 radical (unpaired) electrons. The zero-order valence-electron chi connectivity index (χ0n) is 17.4. The van der Waals surface area contributed by atoms with Gasteiger partial charge in [-0.3, -0.25) is 4.90 Å². The molecular weight excluding hydrogens is 354 g/mol. The number of aliphatic hydroxyl groups is 1. The molecule has 0 saturated heterocycles. The third kappa shape index (κ3) is 7.06. The fraction of sp³-hybridized carbons (Fsp3) is 0.478. The van der Waals surface area contributed by atoms with E-state index in [1.807, 2.05) is 48.5 Å². The van der Waals surface area contributed by atoms with Gasteiger partial charge in [-0.1, -0.05) is 44.2 Å². The Morgan fingerprint density at radius 3 is 2.36 bits per heavy atom. The molecule has 2 rings (SSSR count). The van der Waals surface area contributed by atoms with Gasteiger partial charge in [0.2, 0.25) is 0 Å². The van der Waals surface area contributed by atoms with Crippen LogP contribution in [0.25, 0.3) is 0 Å². The minimum atomic E-state index is -0.580. The number of nitrogens with zero attached hydrogens (tertiary/aromatic N) is 1. The third-order valence-corrected chi connectivity index (χ3v) is 4.56. The van der Waals surface area contributed by atoms with E-state index in [9.17, 15) is 5.11 Å². The van der Waals surface area contributed by atoms with Gasteiger partial charge < -0.3 is 19.3 Å². The number of benzene rings is 2. The van der Waals surface area contributed by atoms with Crippen LogP contribution in [-0.4, -0.2) is 50.0 Å². The SMILES string of the molecule is COc1cccc(CN(CCC(C)C)CC(O)COc2ccccc2)c1OC. The lowest BCUT2D eigenvalue weighted by molar-refractivity contribution is 0.0636. The fourth-order valence-electron chi connectivity index (χ4n) is 3.05. The maximum absolute atomic E-state index is 10.5. The molecular formula is C23H33NO4. The molecule has 0 amide bonds. The second-order valence-corrected chi connectivity index (χ2v) is 7.35. The summed E-state index contributed by atoms with van der Waals surface area (Å²) >= 11 is 0. The predicted octanol–water partition coefficient (Wildman–Crippen LogP) is 3.99. The van der Waals surface area contributed by atoms with E-state index in [0.29, 0.717) is 19.0 Å². The molecule has 0 bridgehead atoms. The first-order chi connectivity index (χ1) is 13.5. The van der Waals surface area contributed by atoms with Crippen molar-refractivity contribution >= 4 is 0 Å². The minimum Gasteiger partial charge on any atom is -0.493 e. The zero-order chi connectivity index (χ0) is 20.4. The van der Waals surface area contributed by atoms with Crippen molar-refractivity contribution in [1.82, 2.24) is 4.90 Å². The molecule has 1 N–H and O–H groups in total. The van der Waals surface area contributed by atoms with Crippen molar-refractivity contribution in [3.05, 3.63) is 54.1 Å². The molecule has 0 aromatic heterocycles. The van der Waals surface area contributed by atoms with Gasteiger partial charge in [-0.15, -0.1) is 0 Å². The average molecular weight is 388 g/mol. The minimum absolute atomic E-state index is 0.261. The number of methoxy groups -OCH3 is 2. The number of hydrogen-bond donors (Lipinski definition) is 1. The Morgan fingerprint density at radius 2 is 1.71 bits per heavy atom. The van der Waals surface area contributed by atoms with Gasteiger partial charge in [-0.05, 0) is 37.1 Å². The van der Waals surface area contributed by atoms with Gasteiger partial charge in [0.15, 0.2) is 11.5 Å². The predicted molar refractivity (Wildman–Crippen MR) is 112 cm³/mol. The van der Waals surface area contributed by atoms with Gasteiger partial charge in [0, 0.05) is 18.7 Å². The van der Waals surface area contributed by atoms with Gasteiger partial charge >= 0.3 is 0 Å². The Bertz CT molecular complexity index is 690. The molecule has 0 spiro atoms. The molecule has 154 valence electrons. The van der Waals surface area contributed by atoms with Crippen molar-refractivity contribution in [2.45, 2.75) is 32.9 Å². The monoisotopic (exact) mass is 387 g/mol. The topological polar surface area (TPSA) is 51.2 Å². The van der Waals surface area contributed by atoms with Crippen LogP contribution in [0, 0.1) is 5.92 Å². The van der Waals surface area contributed by atoms with Crippen LogP contribution >= 0.6 is 0 Å². The molecule has 5 heteroatoms. The molecule has 1 unspecified atom stereocenters. The van der Waals surface area contributed by atoms with E-state index >= 15 is 0 Å². The molecule has 28 heavy (non-hydrogen) atoms. The number of hydrogen-bond acceptors (Lipinski definition) is 5. The Labute approximate surface area is 168 Å². The third-order valence-electron chi connectivity index (χ3n) is 4.56. The van der Waals surface area contributed by atoms with Crippen LogP contribution < -0.4 is 14.2 Å². The molecule has 0 fully saturated rings. The number of ether oxygens (including phenoxy) is 3.